The zero-order chi connectivity index (χ0) is 18.0. The highest BCUT2D eigenvalue weighted by Crippen LogP contribution is 2.29. The molecule has 5 nitrogen and oxygen atoms in total. The third kappa shape index (κ3) is 4.94. The van der Waals surface area contributed by atoms with Gasteiger partial charge in [0, 0.05) is 19.6 Å². The van der Waals surface area contributed by atoms with Crippen LogP contribution in [0.4, 0.5) is 13.2 Å². The monoisotopic (exact) mass is 364 g/mol. The summed E-state index contributed by atoms with van der Waals surface area (Å²) in [6.45, 7) is 0.644. The first-order chi connectivity index (χ1) is 11.1. The molecule has 1 N–H and O–H groups in total. The van der Waals surface area contributed by atoms with Gasteiger partial charge in [-0.05, 0) is 30.5 Å². The number of sulfonamides is 1. The summed E-state index contributed by atoms with van der Waals surface area (Å²) in [5, 5.41) is 2.66. The van der Waals surface area contributed by atoms with Crippen molar-refractivity contribution in [3.05, 3.63) is 35.4 Å². The number of nitrogens with zero attached hydrogens (tertiary/aromatic N) is 1. The number of hydrogen-bond donors (Lipinski definition) is 1. The van der Waals surface area contributed by atoms with Crippen LogP contribution < -0.4 is 5.32 Å². The van der Waals surface area contributed by atoms with Gasteiger partial charge in [0.25, 0.3) is 0 Å². The maximum Gasteiger partial charge on any atom is 0.416 e. The molecule has 1 saturated heterocycles. The van der Waals surface area contributed by atoms with Crippen molar-refractivity contribution < 1.29 is 26.4 Å². The van der Waals surface area contributed by atoms with E-state index >= 15 is 0 Å². The van der Waals surface area contributed by atoms with E-state index in [9.17, 15) is 26.4 Å². The smallest absolute Gasteiger partial charge is 0.352 e. The lowest BCUT2D eigenvalue weighted by atomic mass is 9.98. The van der Waals surface area contributed by atoms with Crippen molar-refractivity contribution in [1.29, 1.82) is 0 Å². The fraction of sp³-hybridized carbons (Fsp3) is 0.533. The molecule has 1 fully saturated rings. The number of hydrogen-bond acceptors (Lipinski definition) is 3. The van der Waals surface area contributed by atoms with Gasteiger partial charge < -0.3 is 5.32 Å². The molecule has 1 aromatic carbocycles. The number of benzene rings is 1. The molecule has 1 atom stereocenters. The number of amides is 1. The predicted octanol–water partition coefficient (Wildman–Crippen LogP) is 1.99. The van der Waals surface area contributed by atoms with Crippen molar-refractivity contribution in [2.45, 2.75) is 25.6 Å². The molecule has 0 spiro atoms. The molecule has 134 valence electrons. The van der Waals surface area contributed by atoms with E-state index in [1.165, 1.54) is 16.4 Å². The molecular weight excluding hydrogens is 345 g/mol. The van der Waals surface area contributed by atoms with E-state index in [1.54, 1.807) is 0 Å². The van der Waals surface area contributed by atoms with Crippen LogP contribution in [0.3, 0.4) is 0 Å². The molecule has 0 saturated carbocycles. The van der Waals surface area contributed by atoms with Crippen LogP contribution in [0.15, 0.2) is 24.3 Å². The molecule has 24 heavy (non-hydrogen) atoms. The Morgan fingerprint density at radius 3 is 2.46 bits per heavy atom. The Balaban J connectivity index is 1.91. The van der Waals surface area contributed by atoms with E-state index in [0.29, 0.717) is 24.9 Å². The van der Waals surface area contributed by atoms with Crippen LogP contribution in [0.25, 0.3) is 0 Å². The quantitative estimate of drug-likeness (QED) is 0.889. The zero-order valence-electron chi connectivity index (χ0n) is 13.1. The van der Waals surface area contributed by atoms with Crippen molar-refractivity contribution in [1.82, 2.24) is 9.62 Å². The van der Waals surface area contributed by atoms with Gasteiger partial charge in [0.2, 0.25) is 15.9 Å². The fourth-order valence-electron chi connectivity index (χ4n) is 2.60. The number of carbonyl (C=O) groups is 1. The van der Waals surface area contributed by atoms with Crippen LogP contribution in [0.5, 0.6) is 0 Å². The molecule has 1 heterocycles. The van der Waals surface area contributed by atoms with Gasteiger partial charge in [0.1, 0.15) is 0 Å². The molecule has 0 aliphatic carbocycles. The van der Waals surface area contributed by atoms with Gasteiger partial charge in [-0.15, -0.1) is 0 Å². The lowest BCUT2D eigenvalue weighted by Crippen LogP contribution is -2.44. The first kappa shape index (κ1) is 18.7. The Hall–Kier alpha value is -1.61. The summed E-state index contributed by atoms with van der Waals surface area (Å²) in [4.78, 5) is 12.2. The highest BCUT2D eigenvalue weighted by atomic mass is 32.2. The highest BCUT2D eigenvalue weighted by molar-refractivity contribution is 7.88. The van der Waals surface area contributed by atoms with Crippen molar-refractivity contribution in [2.24, 2.45) is 5.92 Å². The minimum absolute atomic E-state index is 0.104. The van der Waals surface area contributed by atoms with E-state index in [0.717, 1.165) is 18.4 Å². The highest BCUT2D eigenvalue weighted by Gasteiger charge is 2.31. The average Bonchev–Trinajstić information content (AvgIpc) is 2.51. The summed E-state index contributed by atoms with van der Waals surface area (Å²) in [6, 6.07) is 4.56. The maximum atomic E-state index is 12.5. The minimum atomic E-state index is -4.39. The average molecular weight is 364 g/mol. The summed E-state index contributed by atoms with van der Waals surface area (Å²) >= 11 is 0. The second kappa shape index (κ2) is 7.10. The summed E-state index contributed by atoms with van der Waals surface area (Å²) in [5.41, 5.74) is -0.194. The molecule has 2 rings (SSSR count). The first-order valence-electron chi connectivity index (χ1n) is 7.46. The topological polar surface area (TPSA) is 66.5 Å². The van der Waals surface area contributed by atoms with E-state index in [4.69, 9.17) is 0 Å². The van der Waals surface area contributed by atoms with E-state index < -0.39 is 27.7 Å². The standard InChI is InChI=1S/C15H19F3N2O3S/c1-24(22,23)20-8-2-3-12(10-20)14(21)19-9-11-4-6-13(7-5-11)15(16,17)18/h4-7,12H,2-3,8-10H2,1H3,(H,19,21). The van der Waals surface area contributed by atoms with E-state index in [1.807, 2.05) is 0 Å². The molecule has 1 aromatic rings. The maximum absolute atomic E-state index is 12.5. The molecule has 0 radical (unpaired) electrons. The summed E-state index contributed by atoms with van der Waals surface area (Å²) in [5.74, 6) is -0.730. The van der Waals surface area contributed by atoms with Gasteiger partial charge >= 0.3 is 6.18 Å². The number of rotatable bonds is 4. The van der Waals surface area contributed by atoms with Crippen molar-refractivity contribution in [3.63, 3.8) is 0 Å². The molecule has 1 aliphatic rings. The largest absolute Gasteiger partial charge is 0.416 e. The van der Waals surface area contributed by atoms with Crippen LogP contribution in [-0.4, -0.2) is 38.0 Å². The Labute approximate surface area is 138 Å². The van der Waals surface area contributed by atoms with Gasteiger partial charge in [-0.3, -0.25) is 4.79 Å². The number of piperidine rings is 1. The molecule has 1 unspecified atom stereocenters. The predicted molar refractivity (Wildman–Crippen MR) is 82.4 cm³/mol. The van der Waals surface area contributed by atoms with Gasteiger partial charge in [-0.1, -0.05) is 12.1 Å². The molecule has 0 bridgehead atoms. The van der Waals surface area contributed by atoms with Gasteiger partial charge in [-0.2, -0.15) is 13.2 Å². The van der Waals surface area contributed by atoms with Crippen molar-refractivity contribution in [2.75, 3.05) is 19.3 Å². The molecule has 9 heteroatoms. The Morgan fingerprint density at radius 1 is 1.29 bits per heavy atom. The first-order valence-corrected chi connectivity index (χ1v) is 9.31. The van der Waals surface area contributed by atoms with Crippen LogP contribution in [-0.2, 0) is 27.5 Å². The normalized spacial score (nSPS) is 19.9. The van der Waals surface area contributed by atoms with Gasteiger partial charge in [0.05, 0.1) is 17.7 Å². The summed E-state index contributed by atoms with van der Waals surface area (Å²) in [7, 11) is -3.33. The second-order valence-corrected chi connectivity index (χ2v) is 7.86. The van der Waals surface area contributed by atoms with Crippen LogP contribution in [0.1, 0.15) is 24.0 Å². The number of halogens is 3. The van der Waals surface area contributed by atoms with Crippen LogP contribution in [0.2, 0.25) is 0 Å². The lowest BCUT2D eigenvalue weighted by molar-refractivity contribution is -0.137. The number of carbonyl (C=O) groups excluding carboxylic acids is 1. The number of alkyl halides is 3. The van der Waals surface area contributed by atoms with Gasteiger partial charge in [0.15, 0.2) is 0 Å². The zero-order valence-corrected chi connectivity index (χ0v) is 14.0. The number of nitrogens with one attached hydrogen (secondary N) is 1. The Morgan fingerprint density at radius 2 is 1.92 bits per heavy atom. The SMILES string of the molecule is CS(=O)(=O)N1CCCC(C(=O)NCc2ccc(C(F)(F)F)cc2)C1. The van der Waals surface area contributed by atoms with Crippen LogP contribution >= 0.6 is 0 Å². The Kier molecular flexibility index (Phi) is 5.54. The molecule has 1 aliphatic heterocycles. The fourth-order valence-corrected chi connectivity index (χ4v) is 3.51. The van der Waals surface area contributed by atoms with Crippen molar-refractivity contribution in [3.8, 4) is 0 Å². The molecular formula is C15H19F3N2O3S. The van der Waals surface area contributed by atoms with E-state index in [2.05, 4.69) is 5.32 Å². The van der Waals surface area contributed by atoms with Crippen LogP contribution in [0, 0.1) is 5.92 Å². The third-order valence-corrected chi connectivity index (χ3v) is 5.24. The lowest BCUT2D eigenvalue weighted by Gasteiger charge is -2.30. The van der Waals surface area contributed by atoms with Crippen molar-refractivity contribution >= 4 is 15.9 Å². The second-order valence-electron chi connectivity index (χ2n) is 5.87. The summed E-state index contributed by atoms with van der Waals surface area (Å²) in [6.07, 6.45) is -2.09. The Bertz CT molecular complexity index is 687. The molecule has 1 amide bonds. The third-order valence-electron chi connectivity index (χ3n) is 3.97. The summed E-state index contributed by atoms with van der Waals surface area (Å²) < 4.78 is 61.8. The minimum Gasteiger partial charge on any atom is -0.352 e. The molecule has 0 aromatic heterocycles. The van der Waals surface area contributed by atoms with Gasteiger partial charge in [-0.25, -0.2) is 12.7 Å². The van der Waals surface area contributed by atoms with E-state index in [-0.39, 0.29) is 19.0 Å².